The van der Waals surface area contributed by atoms with Gasteiger partial charge in [-0.3, -0.25) is 0 Å². The smallest absolute Gasteiger partial charge is 0.118 e. The van der Waals surface area contributed by atoms with E-state index in [2.05, 4.69) is 33.8 Å². The maximum absolute atomic E-state index is 6.37. The molecular formula is C32H42N6O4. The summed E-state index contributed by atoms with van der Waals surface area (Å²) in [6, 6.07) is 15.8. The number of nitrogens with one attached hydrogen (secondary N) is 2. The number of H-pyrrole nitrogens is 2. The summed E-state index contributed by atoms with van der Waals surface area (Å²) in [4.78, 5) is 15.9. The number of nitrogens with two attached hydrogens (primary N) is 2. The molecule has 0 aliphatic carbocycles. The van der Waals surface area contributed by atoms with Crippen LogP contribution in [0.5, 0.6) is 11.5 Å². The van der Waals surface area contributed by atoms with Gasteiger partial charge in [-0.25, -0.2) is 9.97 Å². The Morgan fingerprint density at radius 1 is 0.690 bits per heavy atom. The van der Waals surface area contributed by atoms with Gasteiger partial charge >= 0.3 is 0 Å². The van der Waals surface area contributed by atoms with Crippen molar-refractivity contribution in [1.29, 1.82) is 0 Å². The fourth-order valence-corrected chi connectivity index (χ4v) is 5.68. The van der Waals surface area contributed by atoms with Crippen LogP contribution in [0.4, 0.5) is 0 Å². The van der Waals surface area contributed by atoms with Crippen molar-refractivity contribution in [2.24, 2.45) is 11.5 Å². The van der Waals surface area contributed by atoms with E-state index >= 15 is 0 Å². The molecule has 2 aliphatic rings. The molecule has 6 rings (SSSR count). The lowest BCUT2D eigenvalue weighted by Gasteiger charge is -2.43. The van der Waals surface area contributed by atoms with Crippen LogP contribution in [0, 0.1) is 0 Å². The monoisotopic (exact) mass is 574 g/mol. The maximum atomic E-state index is 6.37. The number of methoxy groups -OCH3 is 2. The third-order valence-electron chi connectivity index (χ3n) is 8.34. The Kier molecular flexibility index (Phi) is 8.98. The van der Waals surface area contributed by atoms with Crippen molar-refractivity contribution in [3.05, 3.63) is 72.6 Å². The third kappa shape index (κ3) is 6.07. The Hall–Kier alpha value is -3.70. The molecule has 10 nitrogen and oxygen atoms in total. The summed E-state index contributed by atoms with van der Waals surface area (Å²) in [6.07, 6.45) is 5.61. The highest BCUT2D eigenvalue weighted by Crippen LogP contribution is 2.35. The van der Waals surface area contributed by atoms with Crippen molar-refractivity contribution in [2.45, 2.75) is 49.6 Å². The first-order valence-electron chi connectivity index (χ1n) is 14.4. The number of rotatable bonds is 10. The van der Waals surface area contributed by atoms with Gasteiger partial charge in [0.1, 0.15) is 23.1 Å². The first-order chi connectivity index (χ1) is 20.3. The van der Waals surface area contributed by atoms with Crippen LogP contribution in [0.15, 0.2) is 60.9 Å². The molecule has 2 aliphatic heterocycles. The second kappa shape index (κ2) is 12.7. The molecule has 4 heterocycles. The quantitative estimate of drug-likeness (QED) is 0.215. The minimum absolute atomic E-state index is 0.193. The highest BCUT2D eigenvalue weighted by atomic mass is 16.5. The van der Waals surface area contributed by atoms with Crippen molar-refractivity contribution in [3.63, 3.8) is 0 Å². The number of benzene rings is 2. The average Bonchev–Trinajstić information content (AvgIpc) is 3.68. The zero-order chi connectivity index (χ0) is 29.7. The third-order valence-corrected chi connectivity index (χ3v) is 8.34. The lowest BCUT2D eigenvalue weighted by molar-refractivity contribution is -0.0688. The van der Waals surface area contributed by atoms with Crippen LogP contribution in [0.1, 0.15) is 50.2 Å². The van der Waals surface area contributed by atoms with Crippen molar-refractivity contribution >= 4 is 0 Å². The van der Waals surface area contributed by atoms with E-state index in [1.54, 1.807) is 14.2 Å². The van der Waals surface area contributed by atoms with Gasteiger partial charge in [-0.2, -0.15) is 0 Å². The molecule has 0 unspecified atom stereocenters. The number of hydrogen-bond acceptors (Lipinski definition) is 8. The second-order valence-electron chi connectivity index (χ2n) is 11.2. The number of aromatic amines is 2. The zero-order valence-electron chi connectivity index (χ0n) is 24.9. The summed E-state index contributed by atoms with van der Waals surface area (Å²) in [7, 11) is 3.33. The maximum Gasteiger partial charge on any atom is 0.118 e. The number of imidazole rings is 2. The van der Waals surface area contributed by atoms with Crippen LogP contribution in [0.2, 0.25) is 0 Å². The second-order valence-corrected chi connectivity index (χ2v) is 11.2. The van der Waals surface area contributed by atoms with Crippen LogP contribution in [-0.4, -0.2) is 71.7 Å². The summed E-state index contributed by atoms with van der Waals surface area (Å²) in [5.41, 5.74) is 16.3. The minimum atomic E-state index is -0.288. The molecule has 2 saturated heterocycles. The van der Waals surface area contributed by atoms with Crippen molar-refractivity contribution in [1.82, 2.24) is 19.9 Å². The topological polar surface area (TPSA) is 146 Å². The first kappa shape index (κ1) is 29.8. The molecule has 10 heteroatoms. The van der Waals surface area contributed by atoms with Crippen LogP contribution < -0.4 is 20.9 Å². The molecular weight excluding hydrogens is 532 g/mol. The highest BCUT2D eigenvalue weighted by Gasteiger charge is 2.44. The van der Waals surface area contributed by atoms with Crippen LogP contribution in [0.25, 0.3) is 22.5 Å². The fourth-order valence-electron chi connectivity index (χ4n) is 5.68. The molecule has 4 aromatic rings. The summed E-state index contributed by atoms with van der Waals surface area (Å²) < 4.78 is 20.9. The molecule has 2 aromatic carbocycles. The molecule has 2 aromatic heterocycles. The van der Waals surface area contributed by atoms with Gasteiger partial charge in [0, 0.05) is 11.8 Å². The molecule has 0 bridgehead atoms. The molecule has 42 heavy (non-hydrogen) atoms. The van der Waals surface area contributed by atoms with E-state index < -0.39 is 0 Å². The lowest BCUT2D eigenvalue weighted by Crippen LogP contribution is -2.61. The van der Waals surface area contributed by atoms with Crippen molar-refractivity contribution in [3.8, 4) is 34.0 Å². The number of ether oxygens (including phenoxy) is 4. The summed E-state index contributed by atoms with van der Waals surface area (Å²) >= 11 is 0. The number of hydrogen-bond donors (Lipinski definition) is 4. The Balaban J connectivity index is 0.000000168. The standard InChI is InChI=1S/2C16H21N3O2/c2*1-3-13(16(17)9-21-10-16)15-18-8-14(19-15)11-4-6-12(20-2)7-5-11/h2*4-8,13H,3,9-10,17H2,1-2H3,(H,18,19)/t2*13-/m10/s1. The Morgan fingerprint density at radius 2 is 1.05 bits per heavy atom. The van der Waals surface area contributed by atoms with E-state index in [0.717, 1.165) is 58.5 Å². The normalized spacial score (nSPS) is 18.0. The predicted molar refractivity (Wildman–Crippen MR) is 163 cm³/mol. The molecule has 0 radical (unpaired) electrons. The molecule has 2 atom stereocenters. The van der Waals surface area contributed by atoms with Crippen LogP contribution >= 0.6 is 0 Å². The van der Waals surface area contributed by atoms with E-state index in [0.29, 0.717) is 26.4 Å². The van der Waals surface area contributed by atoms with Gasteiger partial charge in [0.2, 0.25) is 0 Å². The SMILES string of the molecule is CC[C@@H](c1ncc(-c2ccc(OC)cc2)[nH]1)C1(N)COC1.CC[C@H](c1ncc(-c2ccc(OC)cc2)[nH]1)C1(N)COC1. The molecule has 0 amide bonds. The zero-order valence-corrected chi connectivity index (χ0v) is 24.9. The van der Waals surface area contributed by atoms with Crippen molar-refractivity contribution in [2.75, 3.05) is 40.6 Å². The van der Waals surface area contributed by atoms with E-state index in [1.807, 2.05) is 60.9 Å². The molecule has 6 N–H and O–H groups in total. The summed E-state index contributed by atoms with van der Waals surface area (Å²) in [6.45, 7) is 6.67. The van der Waals surface area contributed by atoms with Crippen LogP contribution in [-0.2, 0) is 9.47 Å². The molecule has 2 fully saturated rings. The Bertz CT molecular complexity index is 1310. The predicted octanol–water partition coefficient (Wildman–Crippen LogP) is 4.61. The Labute approximate surface area is 247 Å². The van der Waals surface area contributed by atoms with Gasteiger partial charge in [-0.1, -0.05) is 13.8 Å². The first-order valence-corrected chi connectivity index (χ1v) is 14.4. The minimum Gasteiger partial charge on any atom is -0.497 e. The van der Waals surface area contributed by atoms with Crippen molar-refractivity contribution < 1.29 is 18.9 Å². The Morgan fingerprint density at radius 3 is 1.31 bits per heavy atom. The highest BCUT2D eigenvalue weighted by molar-refractivity contribution is 5.60. The summed E-state index contributed by atoms with van der Waals surface area (Å²) in [5, 5.41) is 0. The van der Waals surface area contributed by atoms with E-state index in [9.17, 15) is 0 Å². The number of aromatic nitrogens is 4. The van der Waals surface area contributed by atoms with E-state index in [-0.39, 0.29) is 22.9 Å². The van der Waals surface area contributed by atoms with Crippen LogP contribution in [0.3, 0.4) is 0 Å². The van der Waals surface area contributed by atoms with E-state index in [4.69, 9.17) is 30.4 Å². The van der Waals surface area contributed by atoms with Gasteiger partial charge in [0.15, 0.2) is 0 Å². The average molecular weight is 575 g/mol. The molecule has 0 spiro atoms. The van der Waals surface area contributed by atoms with Gasteiger partial charge in [-0.05, 0) is 72.5 Å². The molecule has 224 valence electrons. The largest absolute Gasteiger partial charge is 0.497 e. The number of nitrogens with zero attached hydrogens (tertiary/aromatic N) is 2. The van der Waals surface area contributed by atoms with Gasteiger partial charge < -0.3 is 40.4 Å². The molecule has 0 saturated carbocycles. The summed E-state index contributed by atoms with van der Waals surface area (Å²) in [5.74, 6) is 3.95. The van der Waals surface area contributed by atoms with Gasteiger partial charge in [0.05, 0.1) is 75.5 Å². The fraction of sp³-hybridized carbons (Fsp3) is 0.438. The van der Waals surface area contributed by atoms with Gasteiger partial charge in [-0.15, -0.1) is 0 Å². The van der Waals surface area contributed by atoms with E-state index in [1.165, 1.54) is 0 Å². The van der Waals surface area contributed by atoms with Gasteiger partial charge in [0.25, 0.3) is 0 Å². The lowest BCUT2D eigenvalue weighted by atomic mass is 9.81.